The minimum absolute atomic E-state index is 0.0637. The van der Waals surface area contributed by atoms with E-state index in [-0.39, 0.29) is 31.1 Å². The summed E-state index contributed by atoms with van der Waals surface area (Å²) < 4.78 is 11.6. The summed E-state index contributed by atoms with van der Waals surface area (Å²) in [5, 5.41) is 8.87. The number of urea groups is 1. The van der Waals surface area contributed by atoms with Crippen molar-refractivity contribution in [2.45, 2.75) is 45.3 Å². The molecule has 0 unspecified atom stereocenters. The molecule has 2 fully saturated rings. The minimum Gasteiger partial charge on any atom is -0.497 e. The molecular weight excluding hydrogens is 386 g/mol. The lowest BCUT2D eigenvalue weighted by Gasteiger charge is -2.18. The van der Waals surface area contributed by atoms with Gasteiger partial charge in [-0.15, -0.1) is 0 Å². The Labute approximate surface area is 177 Å². The quantitative estimate of drug-likeness (QED) is 0.320. The Hall–Kier alpha value is -2.97. The Morgan fingerprint density at radius 1 is 1.27 bits per heavy atom. The maximum atomic E-state index is 11.7. The zero-order valence-corrected chi connectivity index (χ0v) is 17.7. The Morgan fingerprint density at radius 3 is 2.73 bits per heavy atom. The molecule has 0 radical (unpaired) electrons. The van der Waals surface area contributed by atoms with Crippen molar-refractivity contribution >= 4 is 17.9 Å². The third kappa shape index (κ3) is 5.77. The van der Waals surface area contributed by atoms with E-state index in [0.29, 0.717) is 25.6 Å². The topological polar surface area (TPSA) is 104 Å². The van der Waals surface area contributed by atoms with Crippen LogP contribution >= 0.6 is 0 Å². The first-order chi connectivity index (χ1) is 14.6. The number of amides is 3. The van der Waals surface area contributed by atoms with Gasteiger partial charge in [0.1, 0.15) is 11.5 Å². The lowest BCUT2D eigenvalue weighted by Crippen LogP contribution is -2.43. The van der Waals surface area contributed by atoms with Gasteiger partial charge in [-0.1, -0.05) is 0 Å². The van der Waals surface area contributed by atoms with Gasteiger partial charge in [-0.3, -0.25) is 9.69 Å². The third-order valence-electron chi connectivity index (χ3n) is 5.19. The van der Waals surface area contributed by atoms with Crippen LogP contribution in [-0.2, 0) is 11.3 Å². The summed E-state index contributed by atoms with van der Waals surface area (Å²) >= 11 is 0. The number of ether oxygens (including phenoxy) is 2. The first-order valence-corrected chi connectivity index (χ1v) is 10.5. The van der Waals surface area contributed by atoms with Crippen LogP contribution < -0.4 is 25.4 Å². The highest BCUT2D eigenvalue weighted by Gasteiger charge is 2.27. The lowest BCUT2D eigenvalue weighted by molar-refractivity contribution is -0.124. The fraction of sp³-hybridized carbons (Fsp3) is 0.571. The van der Waals surface area contributed by atoms with Gasteiger partial charge in [0.25, 0.3) is 0 Å². The molecule has 30 heavy (non-hydrogen) atoms. The standard InChI is InChI=1S/C21H31N5O4/c1-3-22-20(23-10-11-26-19(27)14-25-21(26)28)24-13-15-8-9-17(29-2)12-18(15)30-16-6-4-5-7-16/h8-9,12,16H,3-7,10-11,13-14H2,1-2H3,(H,25,28)(H2,22,23,24). The molecule has 3 rings (SSSR count). The predicted molar refractivity (Wildman–Crippen MR) is 114 cm³/mol. The van der Waals surface area contributed by atoms with Gasteiger partial charge in [0.2, 0.25) is 5.91 Å². The van der Waals surface area contributed by atoms with Gasteiger partial charge in [0.15, 0.2) is 5.96 Å². The van der Waals surface area contributed by atoms with E-state index in [9.17, 15) is 9.59 Å². The van der Waals surface area contributed by atoms with Crippen molar-refractivity contribution in [3.8, 4) is 11.5 Å². The maximum absolute atomic E-state index is 11.7. The Morgan fingerprint density at radius 2 is 2.07 bits per heavy atom. The average molecular weight is 418 g/mol. The Bertz CT molecular complexity index is 761. The number of methoxy groups -OCH3 is 1. The van der Waals surface area contributed by atoms with E-state index in [2.05, 4.69) is 20.9 Å². The number of nitrogens with zero attached hydrogens (tertiary/aromatic N) is 2. The number of imide groups is 1. The molecule has 9 heteroatoms. The molecule has 164 valence electrons. The maximum Gasteiger partial charge on any atom is 0.324 e. The first-order valence-electron chi connectivity index (χ1n) is 10.5. The number of rotatable bonds is 9. The van der Waals surface area contributed by atoms with Gasteiger partial charge >= 0.3 is 6.03 Å². The largest absolute Gasteiger partial charge is 0.497 e. The van der Waals surface area contributed by atoms with Gasteiger partial charge in [-0.25, -0.2) is 9.79 Å². The van der Waals surface area contributed by atoms with Crippen LogP contribution in [0.3, 0.4) is 0 Å². The molecule has 2 aliphatic rings. The van der Waals surface area contributed by atoms with Crippen LogP contribution in [0.2, 0.25) is 0 Å². The summed E-state index contributed by atoms with van der Waals surface area (Å²) in [5.74, 6) is 1.97. The summed E-state index contributed by atoms with van der Waals surface area (Å²) in [6.07, 6.45) is 4.80. The van der Waals surface area contributed by atoms with Gasteiger partial charge in [-0.2, -0.15) is 0 Å². The molecule has 1 aromatic carbocycles. The first kappa shape index (κ1) is 21.7. The van der Waals surface area contributed by atoms with E-state index in [1.807, 2.05) is 25.1 Å². The average Bonchev–Trinajstić information content (AvgIpc) is 3.37. The van der Waals surface area contributed by atoms with E-state index < -0.39 is 0 Å². The summed E-state index contributed by atoms with van der Waals surface area (Å²) in [5.41, 5.74) is 0.981. The van der Waals surface area contributed by atoms with E-state index >= 15 is 0 Å². The van der Waals surface area contributed by atoms with Crippen LogP contribution in [0.25, 0.3) is 0 Å². The van der Waals surface area contributed by atoms with Crippen molar-refractivity contribution in [2.24, 2.45) is 4.99 Å². The lowest BCUT2D eigenvalue weighted by atomic mass is 10.2. The molecule has 1 saturated carbocycles. The van der Waals surface area contributed by atoms with Gasteiger partial charge in [-0.05, 0) is 44.7 Å². The molecule has 3 amide bonds. The van der Waals surface area contributed by atoms with Crippen LogP contribution in [0.15, 0.2) is 23.2 Å². The molecule has 1 aliphatic heterocycles. The number of aliphatic imine (C=N–C) groups is 1. The van der Waals surface area contributed by atoms with Crippen molar-refractivity contribution < 1.29 is 19.1 Å². The fourth-order valence-corrected chi connectivity index (χ4v) is 3.56. The molecule has 0 atom stereocenters. The molecular formula is C21H31N5O4. The molecule has 0 bridgehead atoms. The van der Waals surface area contributed by atoms with Crippen molar-refractivity contribution in [1.29, 1.82) is 0 Å². The highest BCUT2D eigenvalue weighted by Crippen LogP contribution is 2.30. The molecule has 3 N–H and O–H groups in total. The normalized spacial score (nSPS) is 17.3. The van der Waals surface area contributed by atoms with E-state index in [1.165, 1.54) is 17.7 Å². The minimum atomic E-state index is -0.351. The van der Waals surface area contributed by atoms with Gasteiger partial charge in [0.05, 0.1) is 26.3 Å². The van der Waals surface area contributed by atoms with E-state index in [4.69, 9.17) is 9.47 Å². The molecule has 1 aromatic rings. The van der Waals surface area contributed by atoms with Crippen LogP contribution in [0.4, 0.5) is 4.79 Å². The Kier molecular flexibility index (Phi) is 7.75. The molecule has 1 heterocycles. The number of benzene rings is 1. The summed E-state index contributed by atoms with van der Waals surface area (Å²) in [7, 11) is 1.64. The van der Waals surface area contributed by atoms with Crippen LogP contribution in [-0.4, -0.2) is 62.2 Å². The van der Waals surface area contributed by atoms with Crippen molar-refractivity contribution in [3.05, 3.63) is 23.8 Å². The monoisotopic (exact) mass is 417 g/mol. The van der Waals surface area contributed by atoms with Crippen molar-refractivity contribution in [3.63, 3.8) is 0 Å². The molecule has 1 aliphatic carbocycles. The van der Waals surface area contributed by atoms with E-state index in [0.717, 1.165) is 29.9 Å². The molecule has 9 nitrogen and oxygen atoms in total. The predicted octanol–water partition coefficient (Wildman–Crippen LogP) is 1.62. The van der Waals surface area contributed by atoms with Gasteiger partial charge in [0, 0.05) is 31.3 Å². The summed E-state index contributed by atoms with van der Waals surface area (Å²) in [6.45, 7) is 3.88. The summed E-state index contributed by atoms with van der Waals surface area (Å²) in [4.78, 5) is 29.1. The molecule has 0 spiro atoms. The van der Waals surface area contributed by atoms with Crippen molar-refractivity contribution in [2.75, 3.05) is 33.3 Å². The number of carbonyl (C=O) groups excluding carboxylic acids is 2. The zero-order chi connectivity index (χ0) is 21.3. The van der Waals surface area contributed by atoms with Crippen LogP contribution in [0, 0.1) is 0 Å². The van der Waals surface area contributed by atoms with Gasteiger partial charge < -0.3 is 25.4 Å². The second kappa shape index (κ2) is 10.7. The smallest absolute Gasteiger partial charge is 0.324 e. The number of carbonyl (C=O) groups is 2. The van der Waals surface area contributed by atoms with Crippen LogP contribution in [0.1, 0.15) is 38.2 Å². The highest BCUT2D eigenvalue weighted by atomic mass is 16.5. The summed E-state index contributed by atoms with van der Waals surface area (Å²) in [6, 6.07) is 5.45. The second-order valence-corrected chi connectivity index (χ2v) is 7.32. The highest BCUT2D eigenvalue weighted by molar-refractivity contribution is 6.01. The Balaban J connectivity index is 1.62. The number of nitrogens with one attached hydrogen (secondary N) is 3. The molecule has 0 aromatic heterocycles. The fourth-order valence-electron chi connectivity index (χ4n) is 3.56. The second-order valence-electron chi connectivity index (χ2n) is 7.32. The molecule has 1 saturated heterocycles. The number of hydrogen-bond donors (Lipinski definition) is 3. The van der Waals surface area contributed by atoms with Crippen LogP contribution in [0.5, 0.6) is 11.5 Å². The van der Waals surface area contributed by atoms with Crippen molar-refractivity contribution in [1.82, 2.24) is 20.9 Å². The number of hydrogen-bond acceptors (Lipinski definition) is 5. The van der Waals surface area contributed by atoms with E-state index in [1.54, 1.807) is 7.11 Å². The SMILES string of the molecule is CCNC(=NCc1ccc(OC)cc1OC1CCCC1)NCCN1C(=O)CNC1=O. The third-order valence-corrected chi connectivity index (χ3v) is 5.19. The number of guanidine groups is 1. The zero-order valence-electron chi connectivity index (χ0n) is 17.7.